The van der Waals surface area contributed by atoms with Crippen LogP contribution in [0.4, 0.5) is 0 Å². The average Bonchev–Trinajstić information content (AvgIpc) is 3.26. The van der Waals surface area contributed by atoms with Crippen LogP contribution in [0, 0.1) is 11.8 Å². The van der Waals surface area contributed by atoms with E-state index >= 15 is 0 Å². The van der Waals surface area contributed by atoms with Crippen molar-refractivity contribution in [1.29, 1.82) is 0 Å². The van der Waals surface area contributed by atoms with E-state index in [4.69, 9.17) is 17.3 Å². The van der Waals surface area contributed by atoms with Crippen molar-refractivity contribution in [3.63, 3.8) is 0 Å². The van der Waals surface area contributed by atoms with Gasteiger partial charge in [0.05, 0.1) is 11.4 Å². The molecular formula is C26H32ClN5O5S. The van der Waals surface area contributed by atoms with Gasteiger partial charge in [-0.3, -0.25) is 14.4 Å². The van der Waals surface area contributed by atoms with Gasteiger partial charge in [0.15, 0.2) is 0 Å². The fourth-order valence-corrected chi connectivity index (χ4v) is 7.82. The highest BCUT2D eigenvalue weighted by Crippen LogP contribution is 2.30. The first-order valence-electron chi connectivity index (χ1n) is 12.8. The second-order valence-corrected chi connectivity index (χ2v) is 12.9. The van der Waals surface area contributed by atoms with Crippen molar-refractivity contribution >= 4 is 50.1 Å². The van der Waals surface area contributed by atoms with Gasteiger partial charge < -0.3 is 20.9 Å². The lowest BCUT2D eigenvalue weighted by molar-refractivity contribution is -0.146. The lowest BCUT2D eigenvalue weighted by Crippen LogP contribution is -2.57. The third-order valence-corrected chi connectivity index (χ3v) is 9.96. The minimum absolute atomic E-state index is 0.0580. The summed E-state index contributed by atoms with van der Waals surface area (Å²) < 4.78 is 28.3. The SMILES string of the molecule is C[C@@H](C(=O)N1CC2CNCC(C2)C1)N1CCC(N(CC(N)=O)S(=O)(=O)c2ccc3cc(Cl)ccc3c2)C1=O. The lowest BCUT2D eigenvalue weighted by atomic mass is 9.85. The van der Waals surface area contributed by atoms with Crippen LogP contribution in [0.3, 0.4) is 0 Å². The van der Waals surface area contributed by atoms with Crippen LogP contribution in [-0.4, -0.2) is 91.6 Å². The number of benzene rings is 2. The number of rotatable bonds is 7. The highest BCUT2D eigenvalue weighted by atomic mass is 35.5. The number of carbonyl (C=O) groups excluding carboxylic acids is 3. The first-order chi connectivity index (χ1) is 18.0. The van der Waals surface area contributed by atoms with Crippen LogP contribution in [0.25, 0.3) is 10.8 Å². The summed E-state index contributed by atoms with van der Waals surface area (Å²) in [6, 6.07) is 7.76. The molecule has 0 aliphatic carbocycles. The van der Waals surface area contributed by atoms with Gasteiger partial charge in [-0.25, -0.2) is 8.42 Å². The van der Waals surface area contributed by atoms with Crippen LogP contribution in [0.1, 0.15) is 19.8 Å². The van der Waals surface area contributed by atoms with Crippen molar-refractivity contribution in [2.45, 2.75) is 36.7 Å². The molecule has 3 aliphatic heterocycles. The molecule has 12 heteroatoms. The maximum Gasteiger partial charge on any atom is 0.245 e. The molecule has 3 heterocycles. The molecule has 0 aromatic heterocycles. The van der Waals surface area contributed by atoms with Crippen molar-refractivity contribution in [2.24, 2.45) is 17.6 Å². The number of sulfonamides is 1. The van der Waals surface area contributed by atoms with E-state index in [0.29, 0.717) is 35.3 Å². The number of halogens is 1. The van der Waals surface area contributed by atoms with Gasteiger partial charge in [0.25, 0.3) is 0 Å². The normalized spacial score (nSPS) is 24.7. The largest absolute Gasteiger partial charge is 0.369 e. The van der Waals surface area contributed by atoms with E-state index in [1.807, 2.05) is 4.90 Å². The van der Waals surface area contributed by atoms with Crippen LogP contribution in [-0.2, 0) is 24.4 Å². The summed E-state index contributed by atoms with van der Waals surface area (Å²) in [5, 5.41) is 5.33. The van der Waals surface area contributed by atoms with Crippen molar-refractivity contribution in [2.75, 3.05) is 39.3 Å². The zero-order valence-corrected chi connectivity index (χ0v) is 22.7. The Hall–Kier alpha value is -2.73. The summed E-state index contributed by atoms with van der Waals surface area (Å²) in [6.45, 7) is 4.30. The molecule has 3 amide bonds. The van der Waals surface area contributed by atoms with Crippen molar-refractivity contribution in [1.82, 2.24) is 19.4 Å². The van der Waals surface area contributed by atoms with Gasteiger partial charge in [-0.2, -0.15) is 4.31 Å². The molecule has 3 saturated heterocycles. The Morgan fingerprint density at radius 3 is 2.47 bits per heavy atom. The van der Waals surface area contributed by atoms with Gasteiger partial charge >= 0.3 is 0 Å². The molecule has 0 spiro atoms. The molecular weight excluding hydrogens is 530 g/mol. The monoisotopic (exact) mass is 561 g/mol. The van der Waals surface area contributed by atoms with Gasteiger partial charge in [0.2, 0.25) is 27.7 Å². The highest BCUT2D eigenvalue weighted by Gasteiger charge is 2.46. The highest BCUT2D eigenvalue weighted by molar-refractivity contribution is 7.89. The minimum atomic E-state index is -4.26. The average molecular weight is 562 g/mol. The maximum absolute atomic E-state index is 13.7. The number of primary amides is 1. The van der Waals surface area contributed by atoms with Crippen LogP contribution in [0.2, 0.25) is 5.02 Å². The Balaban J connectivity index is 1.37. The quantitative estimate of drug-likeness (QED) is 0.519. The van der Waals surface area contributed by atoms with Crippen molar-refractivity contribution < 1.29 is 22.8 Å². The summed E-state index contributed by atoms with van der Waals surface area (Å²) in [5.74, 6) is -0.704. The smallest absolute Gasteiger partial charge is 0.245 e. The van der Waals surface area contributed by atoms with Crippen molar-refractivity contribution in [3.8, 4) is 0 Å². The van der Waals surface area contributed by atoms with Crippen molar-refractivity contribution in [3.05, 3.63) is 41.4 Å². The molecule has 3 N–H and O–H groups in total. The number of nitrogens with two attached hydrogens (primary N) is 1. The number of likely N-dealkylation sites (tertiary alicyclic amines) is 2. The van der Waals surface area contributed by atoms with Gasteiger partial charge in [0.1, 0.15) is 12.1 Å². The van der Waals surface area contributed by atoms with E-state index in [1.165, 1.54) is 17.0 Å². The Bertz CT molecular complexity index is 1370. The van der Waals surface area contributed by atoms with E-state index in [-0.39, 0.29) is 23.8 Å². The standard InChI is InChI=1S/C26H32ClN5O5S/c1-16(25(34)30-13-17-8-18(14-30)12-29-11-17)31-7-6-23(26(31)35)32(15-24(28)33)38(36,37)22-5-3-19-9-21(27)4-2-20(19)10-22/h2-5,9-10,16-18,23,29H,6-8,11-15H2,1H3,(H2,28,33)/t16-,17?,18?,23?/m0/s1. The molecule has 2 bridgehead atoms. The number of carbonyl (C=O) groups is 3. The molecule has 3 aliphatic rings. The molecule has 3 fully saturated rings. The third kappa shape index (κ3) is 5.12. The Labute approximate surface area is 227 Å². The summed E-state index contributed by atoms with van der Waals surface area (Å²) in [7, 11) is -4.26. The summed E-state index contributed by atoms with van der Waals surface area (Å²) in [4.78, 5) is 42.1. The molecule has 10 nitrogen and oxygen atoms in total. The molecule has 38 heavy (non-hydrogen) atoms. The number of piperidine rings is 2. The van der Waals surface area contributed by atoms with E-state index in [2.05, 4.69) is 5.32 Å². The zero-order chi connectivity index (χ0) is 27.2. The zero-order valence-electron chi connectivity index (χ0n) is 21.2. The number of nitrogens with zero attached hydrogens (tertiary/aromatic N) is 3. The predicted octanol–water partition coefficient (Wildman–Crippen LogP) is 1.03. The molecule has 4 atom stereocenters. The second kappa shape index (κ2) is 10.4. The molecule has 2 aromatic carbocycles. The van der Waals surface area contributed by atoms with Crippen LogP contribution in [0.15, 0.2) is 41.3 Å². The third-order valence-electron chi connectivity index (χ3n) is 7.88. The van der Waals surface area contributed by atoms with Gasteiger partial charge in [-0.1, -0.05) is 23.7 Å². The number of hydrogen-bond donors (Lipinski definition) is 2. The Kier molecular flexibility index (Phi) is 7.38. The minimum Gasteiger partial charge on any atom is -0.369 e. The predicted molar refractivity (Wildman–Crippen MR) is 143 cm³/mol. The summed E-state index contributed by atoms with van der Waals surface area (Å²) >= 11 is 6.04. The first-order valence-corrected chi connectivity index (χ1v) is 14.7. The Morgan fingerprint density at radius 2 is 1.79 bits per heavy atom. The molecule has 3 unspecified atom stereocenters. The van der Waals surface area contributed by atoms with E-state index in [9.17, 15) is 22.8 Å². The van der Waals surface area contributed by atoms with E-state index in [0.717, 1.165) is 29.2 Å². The van der Waals surface area contributed by atoms with Crippen LogP contribution >= 0.6 is 11.6 Å². The van der Waals surface area contributed by atoms with E-state index < -0.39 is 40.5 Å². The molecule has 2 aromatic rings. The van der Waals surface area contributed by atoms with E-state index in [1.54, 1.807) is 31.2 Å². The lowest BCUT2D eigenvalue weighted by Gasteiger charge is -2.43. The molecule has 0 radical (unpaired) electrons. The number of fused-ring (bicyclic) bond motifs is 3. The fraction of sp³-hybridized carbons (Fsp3) is 0.500. The fourth-order valence-electron chi connectivity index (χ4n) is 6.03. The number of hydrogen-bond acceptors (Lipinski definition) is 6. The topological polar surface area (TPSA) is 133 Å². The van der Waals surface area contributed by atoms with Crippen LogP contribution in [0.5, 0.6) is 0 Å². The van der Waals surface area contributed by atoms with Gasteiger partial charge in [0, 0.05) is 24.7 Å². The molecule has 204 valence electrons. The molecule has 0 saturated carbocycles. The first kappa shape index (κ1) is 26.9. The Morgan fingerprint density at radius 1 is 1.13 bits per heavy atom. The van der Waals surface area contributed by atoms with Crippen LogP contribution < -0.4 is 11.1 Å². The number of nitrogens with one attached hydrogen (secondary N) is 1. The summed E-state index contributed by atoms with van der Waals surface area (Å²) in [6.07, 6.45) is 1.25. The van der Waals surface area contributed by atoms with Gasteiger partial charge in [-0.15, -0.1) is 0 Å². The molecule has 5 rings (SSSR count). The maximum atomic E-state index is 13.7. The summed E-state index contributed by atoms with van der Waals surface area (Å²) in [5.41, 5.74) is 5.42. The number of amides is 3. The second-order valence-electron chi connectivity index (χ2n) is 10.6. The van der Waals surface area contributed by atoms with Gasteiger partial charge in [-0.05, 0) is 79.7 Å².